The molecule has 4 nitrogen and oxygen atoms in total. The maximum Gasteiger partial charge on any atom is 0.240 e. The Morgan fingerprint density at radius 1 is 1.29 bits per heavy atom. The number of benzene rings is 2. The number of hydrogen-bond acceptors (Lipinski definition) is 3. The first kappa shape index (κ1) is 14.9. The van der Waals surface area contributed by atoms with Crippen LogP contribution in [0.15, 0.2) is 53.6 Å². The summed E-state index contributed by atoms with van der Waals surface area (Å²) in [5.41, 5.74) is 1.65. The minimum Gasteiger partial charge on any atom is -0.492 e. The number of amides is 1. The molecule has 2 aromatic rings. The molecule has 0 spiro atoms. The van der Waals surface area contributed by atoms with E-state index in [-0.39, 0.29) is 17.6 Å². The Morgan fingerprint density at radius 2 is 2.04 bits per heavy atom. The molecule has 2 atom stereocenters. The van der Waals surface area contributed by atoms with Crippen LogP contribution < -0.4 is 4.74 Å². The zero-order valence-electron chi connectivity index (χ0n) is 13.5. The molecule has 5 heteroatoms. The molecule has 122 valence electrons. The molecule has 2 heterocycles. The van der Waals surface area contributed by atoms with Gasteiger partial charge in [0.25, 0.3) is 0 Å². The van der Waals surface area contributed by atoms with Gasteiger partial charge in [-0.2, -0.15) is 5.10 Å². The van der Waals surface area contributed by atoms with E-state index in [2.05, 4.69) is 5.10 Å². The van der Waals surface area contributed by atoms with Crippen LogP contribution in [0.3, 0.4) is 0 Å². The molecule has 0 saturated heterocycles. The molecule has 4 rings (SSSR count). The molecule has 2 unspecified atom stereocenters. The van der Waals surface area contributed by atoms with Crippen LogP contribution in [0, 0.1) is 11.7 Å². The Labute approximate surface area is 139 Å². The van der Waals surface area contributed by atoms with Crippen LogP contribution >= 0.6 is 0 Å². The van der Waals surface area contributed by atoms with Crippen molar-refractivity contribution in [2.45, 2.75) is 19.4 Å². The summed E-state index contributed by atoms with van der Waals surface area (Å²) >= 11 is 0. The largest absolute Gasteiger partial charge is 0.492 e. The van der Waals surface area contributed by atoms with Gasteiger partial charge in [0, 0.05) is 12.5 Å². The van der Waals surface area contributed by atoms with Crippen molar-refractivity contribution in [1.82, 2.24) is 5.01 Å². The summed E-state index contributed by atoms with van der Waals surface area (Å²) in [7, 11) is 0. The summed E-state index contributed by atoms with van der Waals surface area (Å²) in [6, 6.07) is 14.2. The smallest absolute Gasteiger partial charge is 0.240 e. The van der Waals surface area contributed by atoms with Crippen LogP contribution in [0.2, 0.25) is 0 Å². The van der Waals surface area contributed by atoms with E-state index in [1.807, 2.05) is 37.3 Å². The van der Waals surface area contributed by atoms with Gasteiger partial charge >= 0.3 is 0 Å². The molecule has 2 aliphatic rings. The number of hydrazone groups is 1. The number of carbonyl (C=O) groups excluding carboxylic acids is 1. The van der Waals surface area contributed by atoms with Gasteiger partial charge in [-0.25, -0.2) is 9.40 Å². The van der Waals surface area contributed by atoms with Gasteiger partial charge < -0.3 is 4.74 Å². The summed E-state index contributed by atoms with van der Waals surface area (Å²) in [5.74, 6) is -0.0464. The Morgan fingerprint density at radius 3 is 2.75 bits per heavy atom. The molecule has 0 fully saturated rings. The van der Waals surface area contributed by atoms with Crippen molar-refractivity contribution in [3.8, 4) is 5.75 Å². The van der Waals surface area contributed by atoms with Gasteiger partial charge in [0.15, 0.2) is 0 Å². The van der Waals surface area contributed by atoms with E-state index < -0.39 is 5.54 Å². The number of rotatable bonds is 1. The minimum absolute atomic E-state index is 0.152. The predicted octanol–water partition coefficient (Wildman–Crippen LogP) is 3.32. The summed E-state index contributed by atoms with van der Waals surface area (Å²) in [6.45, 7) is 3.88. The first-order chi connectivity index (χ1) is 11.5. The Hall–Kier alpha value is -2.69. The molecular formula is C19H17FN2O2. The van der Waals surface area contributed by atoms with Gasteiger partial charge in [0.05, 0.1) is 18.2 Å². The molecule has 2 aromatic carbocycles. The van der Waals surface area contributed by atoms with Crippen molar-refractivity contribution < 1.29 is 13.9 Å². The number of halogens is 1. The van der Waals surface area contributed by atoms with E-state index in [9.17, 15) is 9.18 Å². The lowest BCUT2D eigenvalue weighted by molar-refractivity contribution is -0.135. The van der Waals surface area contributed by atoms with Crippen molar-refractivity contribution in [1.29, 1.82) is 0 Å². The molecule has 24 heavy (non-hydrogen) atoms. The van der Waals surface area contributed by atoms with Gasteiger partial charge in [0.1, 0.15) is 17.1 Å². The molecule has 0 N–H and O–H groups in total. The third kappa shape index (κ3) is 1.97. The fraction of sp³-hybridized carbons (Fsp3) is 0.263. The lowest BCUT2D eigenvalue weighted by Gasteiger charge is -2.39. The van der Waals surface area contributed by atoms with Gasteiger partial charge in [-0.1, -0.05) is 30.3 Å². The summed E-state index contributed by atoms with van der Waals surface area (Å²) in [5, 5.41) is 6.08. The SMILES string of the molecule is CC(=O)N1N=C2c3cc(F)ccc3OCC2C1(C)c1ccccc1. The van der Waals surface area contributed by atoms with Crippen molar-refractivity contribution in [3.63, 3.8) is 0 Å². The average Bonchev–Trinajstić information content (AvgIpc) is 2.90. The lowest BCUT2D eigenvalue weighted by Crippen LogP contribution is -2.48. The lowest BCUT2D eigenvalue weighted by atomic mass is 9.75. The maximum absolute atomic E-state index is 13.7. The molecule has 0 aromatic heterocycles. The Kier molecular flexibility index (Phi) is 3.20. The first-order valence-electron chi connectivity index (χ1n) is 7.89. The van der Waals surface area contributed by atoms with E-state index in [0.717, 1.165) is 5.56 Å². The molecule has 0 saturated carbocycles. The van der Waals surface area contributed by atoms with Crippen molar-refractivity contribution in [3.05, 3.63) is 65.5 Å². The number of fused-ring (bicyclic) bond motifs is 3. The molecule has 0 aliphatic carbocycles. The van der Waals surface area contributed by atoms with Gasteiger partial charge in [-0.15, -0.1) is 0 Å². The van der Waals surface area contributed by atoms with Gasteiger partial charge in [-0.05, 0) is 30.7 Å². The fourth-order valence-electron chi connectivity index (χ4n) is 3.68. The van der Waals surface area contributed by atoms with Crippen LogP contribution in [0.25, 0.3) is 0 Å². The summed E-state index contributed by atoms with van der Waals surface area (Å²) in [6.07, 6.45) is 0. The van der Waals surface area contributed by atoms with E-state index in [4.69, 9.17) is 4.74 Å². The second kappa shape index (κ2) is 5.16. The molecule has 0 radical (unpaired) electrons. The number of ether oxygens (including phenoxy) is 1. The van der Waals surface area contributed by atoms with E-state index in [1.54, 1.807) is 6.07 Å². The highest BCUT2D eigenvalue weighted by Gasteiger charge is 2.53. The monoisotopic (exact) mass is 324 g/mol. The fourth-order valence-corrected chi connectivity index (χ4v) is 3.68. The summed E-state index contributed by atoms with van der Waals surface area (Å²) in [4.78, 5) is 12.3. The Balaban J connectivity index is 1.90. The van der Waals surface area contributed by atoms with Crippen LogP contribution in [0.4, 0.5) is 4.39 Å². The van der Waals surface area contributed by atoms with E-state index in [0.29, 0.717) is 23.6 Å². The number of nitrogens with zero attached hydrogens (tertiary/aromatic N) is 2. The second-order valence-corrected chi connectivity index (χ2v) is 6.33. The molecule has 2 aliphatic heterocycles. The molecule has 1 amide bonds. The van der Waals surface area contributed by atoms with E-state index >= 15 is 0 Å². The van der Waals surface area contributed by atoms with Crippen molar-refractivity contribution in [2.24, 2.45) is 11.0 Å². The number of hydrogen-bond donors (Lipinski definition) is 0. The molecular weight excluding hydrogens is 307 g/mol. The van der Waals surface area contributed by atoms with Gasteiger partial charge in [-0.3, -0.25) is 4.79 Å². The Bertz CT molecular complexity index is 850. The maximum atomic E-state index is 13.7. The van der Waals surface area contributed by atoms with Crippen LogP contribution in [0.5, 0.6) is 5.75 Å². The second-order valence-electron chi connectivity index (χ2n) is 6.33. The zero-order valence-corrected chi connectivity index (χ0v) is 13.5. The highest BCUT2D eigenvalue weighted by molar-refractivity contribution is 6.08. The van der Waals surface area contributed by atoms with E-state index in [1.165, 1.54) is 24.1 Å². The quantitative estimate of drug-likeness (QED) is 0.807. The standard InChI is InChI=1S/C19H17FN2O2/c1-12(23)22-19(2,13-6-4-3-5-7-13)16-11-24-17-9-8-14(20)10-15(17)18(16)21-22/h3-10,16H,11H2,1-2H3. The third-order valence-electron chi connectivity index (χ3n) is 4.94. The van der Waals surface area contributed by atoms with Crippen molar-refractivity contribution >= 4 is 11.6 Å². The molecule has 0 bridgehead atoms. The zero-order chi connectivity index (χ0) is 16.9. The highest BCUT2D eigenvalue weighted by atomic mass is 19.1. The third-order valence-corrected chi connectivity index (χ3v) is 4.94. The van der Waals surface area contributed by atoms with Crippen LogP contribution in [0.1, 0.15) is 25.0 Å². The minimum atomic E-state index is -0.660. The first-order valence-corrected chi connectivity index (χ1v) is 7.89. The van der Waals surface area contributed by atoms with Crippen LogP contribution in [-0.4, -0.2) is 23.2 Å². The van der Waals surface area contributed by atoms with Gasteiger partial charge in [0.2, 0.25) is 5.91 Å². The summed E-state index contributed by atoms with van der Waals surface area (Å²) < 4.78 is 19.6. The predicted molar refractivity (Wildman–Crippen MR) is 88.2 cm³/mol. The van der Waals surface area contributed by atoms with Crippen LogP contribution in [-0.2, 0) is 10.3 Å². The number of carbonyl (C=O) groups is 1. The normalized spacial score (nSPS) is 24.7. The topological polar surface area (TPSA) is 41.9 Å². The van der Waals surface area contributed by atoms with Crippen molar-refractivity contribution in [2.75, 3.05) is 6.61 Å². The highest BCUT2D eigenvalue weighted by Crippen LogP contribution is 2.46. The average molecular weight is 324 g/mol.